The summed E-state index contributed by atoms with van der Waals surface area (Å²) in [6.07, 6.45) is 1.96. The number of rotatable bonds is 7. The van der Waals surface area contributed by atoms with Gasteiger partial charge in [-0.3, -0.25) is 0 Å². The normalized spacial score (nSPS) is 14.1. The molecule has 0 saturated carbocycles. The minimum atomic E-state index is -2.83. The van der Waals surface area contributed by atoms with Crippen molar-refractivity contribution < 1.29 is 8.42 Å². The first-order valence-corrected chi connectivity index (χ1v) is 8.78. The summed E-state index contributed by atoms with van der Waals surface area (Å²) in [5.74, 6) is 0.766. The topological polar surface area (TPSA) is 46.2 Å². The van der Waals surface area contributed by atoms with E-state index in [1.165, 1.54) is 11.1 Å². The second kappa shape index (κ2) is 6.52. The van der Waals surface area contributed by atoms with Gasteiger partial charge < -0.3 is 5.32 Å². The second-order valence-corrected chi connectivity index (χ2v) is 7.91. The van der Waals surface area contributed by atoms with Crippen molar-refractivity contribution in [2.45, 2.75) is 26.3 Å². The molecule has 1 atom stereocenters. The summed E-state index contributed by atoms with van der Waals surface area (Å²) in [5.41, 5.74) is 0. The van der Waals surface area contributed by atoms with Crippen LogP contribution in [0, 0.1) is 5.92 Å². The van der Waals surface area contributed by atoms with Gasteiger partial charge in [-0.2, -0.15) is 0 Å². The minimum Gasteiger partial charge on any atom is -0.309 e. The second-order valence-electron chi connectivity index (χ2n) is 4.67. The number of hydrogen-bond acceptors (Lipinski definition) is 4. The van der Waals surface area contributed by atoms with Gasteiger partial charge in [0.2, 0.25) is 0 Å². The van der Waals surface area contributed by atoms with Crippen LogP contribution in [0.4, 0.5) is 0 Å². The summed E-state index contributed by atoms with van der Waals surface area (Å²) < 4.78 is 22.0. The van der Waals surface area contributed by atoms with Crippen molar-refractivity contribution in [3.05, 3.63) is 22.4 Å². The Morgan fingerprint density at radius 3 is 2.59 bits per heavy atom. The highest BCUT2D eigenvalue weighted by Gasteiger charge is 2.15. The summed E-state index contributed by atoms with van der Waals surface area (Å²) in [7, 11) is -2.83. The Balaban J connectivity index is 2.42. The van der Waals surface area contributed by atoms with Crippen LogP contribution in [0.2, 0.25) is 0 Å². The third-order valence-electron chi connectivity index (χ3n) is 2.57. The Morgan fingerprint density at radius 1 is 1.41 bits per heavy atom. The molecule has 1 N–H and O–H groups in total. The molecule has 1 aromatic heterocycles. The first kappa shape index (κ1) is 14.7. The predicted octanol–water partition coefficient (Wildman–Crippen LogP) is 2.47. The van der Waals surface area contributed by atoms with Gasteiger partial charge in [-0.25, -0.2) is 8.42 Å². The number of thiophene rings is 1. The minimum absolute atomic E-state index is 0.259. The van der Waals surface area contributed by atoms with E-state index in [0.717, 1.165) is 6.54 Å². The highest BCUT2D eigenvalue weighted by Crippen LogP contribution is 2.25. The van der Waals surface area contributed by atoms with Crippen molar-refractivity contribution in [1.29, 1.82) is 0 Å². The van der Waals surface area contributed by atoms with Crippen LogP contribution in [0.1, 0.15) is 31.2 Å². The molecular formula is C12H21NO2S2. The lowest BCUT2D eigenvalue weighted by Gasteiger charge is -2.21. The van der Waals surface area contributed by atoms with Gasteiger partial charge in [0.25, 0.3) is 0 Å². The molecule has 1 heterocycles. The van der Waals surface area contributed by atoms with Gasteiger partial charge in [0.15, 0.2) is 0 Å². The molecule has 0 aromatic carbocycles. The molecule has 0 amide bonds. The molecule has 0 bridgehead atoms. The van der Waals surface area contributed by atoms with Crippen molar-refractivity contribution in [3.8, 4) is 0 Å². The van der Waals surface area contributed by atoms with Crippen molar-refractivity contribution in [2.24, 2.45) is 5.92 Å². The molecule has 0 saturated heterocycles. The fourth-order valence-electron chi connectivity index (χ4n) is 1.72. The average Bonchev–Trinajstić information content (AvgIpc) is 2.68. The maximum Gasteiger partial charge on any atom is 0.147 e. The fraction of sp³-hybridized carbons (Fsp3) is 0.667. The quantitative estimate of drug-likeness (QED) is 0.778. The van der Waals surface area contributed by atoms with Gasteiger partial charge in [0.1, 0.15) is 9.84 Å². The van der Waals surface area contributed by atoms with E-state index in [-0.39, 0.29) is 5.75 Å². The van der Waals surface area contributed by atoms with Gasteiger partial charge >= 0.3 is 0 Å². The molecule has 1 unspecified atom stereocenters. The van der Waals surface area contributed by atoms with Crippen molar-refractivity contribution in [1.82, 2.24) is 5.32 Å². The smallest absolute Gasteiger partial charge is 0.147 e. The molecule has 1 rings (SSSR count). The van der Waals surface area contributed by atoms with E-state index in [4.69, 9.17) is 0 Å². The van der Waals surface area contributed by atoms with Crippen molar-refractivity contribution in [3.63, 3.8) is 0 Å². The standard InChI is InChI=1S/C12H21NO2S2/c1-10(2)12(11-6-4-8-16-11)13-7-5-9-17(3,14)15/h4,6,8,10,12-13H,5,7,9H2,1-3H3. The maximum atomic E-state index is 11.0. The lowest BCUT2D eigenvalue weighted by atomic mass is 10.0. The van der Waals surface area contributed by atoms with E-state index in [0.29, 0.717) is 18.4 Å². The lowest BCUT2D eigenvalue weighted by molar-refractivity contribution is 0.418. The van der Waals surface area contributed by atoms with E-state index in [2.05, 4.69) is 30.6 Å². The Labute approximate surface area is 108 Å². The Hall–Kier alpha value is -0.390. The highest BCUT2D eigenvalue weighted by atomic mass is 32.2. The molecule has 0 fully saturated rings. The van der Waals surface area contributed by atoms with Gasteiger partial charge in [0.05, 0.1) is 5.75 Å². The summed E-state index contributed by atoms with van der Waals surface area (Å²) in [5, 5.41) is 5.51. The lowest BCUT2D eigenvalue weighted by Crippen LogP contribution is -2.27. The van der Waals surface area contributed by atoms with E-state index in [9.17, 15) is 8.42 Å². The Kier molecular flexibility index (Phi) is 5.62. The van der Waals surface area contributed by atoms with Crippen LogP contribution in [0.15, 0.2) is 17.5 Å². The van der Waals surface area contributed by atoms with Crippen LogP contribution < -0.4 is 5.32 Å². The molecular weight excluding hydrogens is 254 g/mol. The van der Waals surface area contributed by atoms with Crippen LogP contribution in [-0.4, -0.2) is 27.0 Å². The summed E-state index contributed by atoms with van der Waals surface area (Å²) >= 11 is 1.74. The third-order valence-corrected chi connectivity index (χ3v) is 4.56. The predicted molar refractivity (Wildman–Crippen MR) is 74.2 cm³/mol. The Morgan fingerprint density at radius 2 is 2.12 bits per heavy atom. The zero-order valence-corrected chi connectivity index (χ0v) is 12.3. The molecule has 0 aliphatic rings. The van der Waals surface area contributed by atoms with Gasteiger partial charge in [-0.1, -0.05) is 19.9 Å². The molecule has 17 heavy (non-hydrogen) atoms. The maximum absolute atomic E-state index is 11.0. The molecule has 1 aromatic rings. The van der Waals surface area contributed by atoms with Gasteiger partial charge in [-0.15, -0.1) is 11.3 Å². The molecule has 0 aliphatic carbocycles. The number of sulfone groups is 1. The fourth-order valence-corrected chi connectivity index (χ4v) is 3.37. The average molecular weight is 275 g/mol. The number of hydrogen-bond donors (Lipinski definition) is 1. The van der Waals surface area contributed by atoms with Crippen molar-refractivity contribution >= 4 is 21.2 Å². The molecule has 5 heteroatoms. The van der Waals surface area contributed by atoms with E-state index < -0.39 is 9.84 Å². The highest BCUT2D eigenvalue weighted by molar-refractivity contribution is 7.90. The van der Waals surface area contributed by atoms with E-state index in [1.54, 1.807) is 11.3 Å². The van der Waals surface area contributed by atoms with Crippen LogP contribution >= 0.6 is 11.3 Å². The summed E-state index contributed by atoms with van der Waals surface area (Å²) in [6.45, 7) is 5.09. The molecule has 3 nitrogen and oxygen atoms in total. The SMILES string of the molecule is CC(C)C(NCCCS(C)(=O)=O)c1cccs1. The van der Waals surface area contributed by atoms with Crippen LogP contribution in [-0.2, 0) is 9.84 Å². The summed E-state index contributed by atoms with van der Waals surface area (Å²) in [6, 6.07) is 4.50. The zero-order valence-electron chi connectivity index (χ0n) is 10.6. The first-order valence-electron chi connectivity index (χ1n) is 5.84. The first-order chi connectivity index (χ1) is 7.90. The van der Waals surface area contributed by atoms with Crippen molar-refractivity contribution in [2.75, 3.05) is 18.6 Å². The Bertz CT molecular complexity index is 410. The number of nitrogens with one attached hydrogen (secondary N) is 1. The van der Waals surface area contributed by atoms with E-state index >= 15 is 0 Å². The summed E-state index contributed by atoms with van der Waals surface area (Å²) in [4.78, 5) is 1.32. The largest absolute Gasteiger partial charge is 0.309 e. The van der Waals surface area contributed by atoms with Crippen LogP contribution in [0.3, 0.4) is 0 Å². The molecule has 0 radical (unpaired) electrons. The van der Waals surface area contributed by atoms with Crippen LogP contribution in [0.5, 0.6) is 0 Å². The molecule has 98 valence electrons. The van der Waals surface area contributed by atoms with E-state index in [1.807, 2.05) is 6.07 Å². The molecule has 0 spiro atoms. The van der Waals surface area contributed by atoms with Gasteiger partial charge in [0, 0.05) is 17.2 Å². The van der Waals surface area contributed by atoms with Crippen LogP contribution in [0.25, 0.3) is 0 Å². The zero-order chi connectivity index (χ0) is 12.9. The van der Waals surface area contributed by atoms with Gasteiger partial charge in [-0.05, 0) is 30.3 Å². The molecule has 0 aliphatic heterocycles. The monoisotopic (exact) mass is 275 g/mol. The third kappa shape index (κ3) is 5.66.